The fourth-order valence-electron chi connectivity index (χ4n) is 1.36. The van der Waals surface area contributed by atoms with Crippen LogP contribution in [0.5, 0.6) is 5.75 Å². The van der Waals surface area contributed by atoms with E-state index in [9.17, 15) is 0 Å². The Morgan fingerprint density at radius 2 is 2.06 bits per heavy atom. The first-order valence-corrected chi connectivity index (χ1v) is 7.28. The SMILES string of the molecule is CC(CNC(C)(C)C)COc1ccc(Br)cc1Cl. The first kappa shape index (κ1) is 15.8. The van der Waals surface area contributed by atoms with Crippen LogP contribution in [0.2, 0.25) is 5.02 Å². The van der Waals surface area contributed by atoms with E-state index in [0.717, 1.165) is 16.8 Å². The molecule has 0 aromatic heterocycles. The minimum Gasteiger partial charge on any atom is -0.492 e. The summed E-state index contributed by atoms with van der Waals surface area (Å²) in [7, 11) is 0. The molecule has 0 aliphatic carbocycles. The molecule has 1 rings (SSSR count). The smallest absolute Gasteiger partial charge is 0.137 e. The average molecular weight is 335 g/mol. The topological polar surface area (TPSA) is 21.3 Å². The maximum atomic E-state index is 6.09. The Hall–Kier alpha value is -0.250. The van der Waals surface area contributed by atoms with Crippen molar-refractivity contribution in [3.05, 3.63) is 27.7 Å². The van der Waals surface area contributed by atoms with Crippen LogP contribution < -0.4 is 10.1 Å². The first-order chi connectivity index (χ1) is 8.28. The Morgan fingerprint density at radius 3 is 2.61 bits per heavy atom. The second-order valence-corrected chi connectivity index (χ2v) is 6.94. The van der Waals surface area contributed by atoms with Gasteiger partial charge < -0.3 is 10.1 Å². The minimum atomic E-state index is 0.142. The van der Waals surface area contributed by atoms with E-state index in [1.807, 2.05) is 18.2 Å². The van der Waals surface area contributed by atoms with E-state index in [-0.39, 0.29) is 5.54 Å². The summed E-state index contributed by atoms with van der Waals surface area (Å²) in [6.07, 6.45) is 0. The normalized spacial score (nSPS) is 13.4. The van der Waals surface area contributed by atoms with Crippen LogP contribution in [0, 0.1) is 5.92 Å². The predicted octanol–water partition coefficient (Wildman–Crippen LogP) is 4.51. The molecule has 1 aromatic carbocycles. The Labute approximate surface area is 123 Å². The molecule has 0 saturated heterocycles. The molecule has 18 heavy (non-hydrogen) atoms. The van der Waals surface area contributed by atoms with E-state index in [1.165, 1.54) is 0 Å². The van der Waals surface area contributed by atoms with Crippen LogP contribution in [0.15, 0.2) is 22.7 Å². The summed E-state index contributed by atoms with van der Waals surface area (Å²) in [6.45, 7) is 10.2. The first-order valence-electron chi connectivity index (χ1n) is 6.11. The molecule has 4 heteroatoms. The zero-order valence-electron chi connectivity index (χ0n) is 11.4. The van der Waals surface area contributed by atoms with Gasteiger partial charge in [-0.1, -0.05) is 34.5 Å². The van der Waals surface area contributed by atoms with Crippen molar-refractivity contribution in [3.63, 3.8) is 0 Å². The van der Waals surface area contributed by atoms with Crippen LogP contribution in [0.3, 0.4) is 0 Å². The molecule has 1 unspecified atom stereocenters. The van der Waals surface area contributed by atoms with E-state index in [1.54, 1.807) is 0 Å². The van der Waals surface area contributed by atoms with Gasteiger partial charge in [-0.2, -0.15) is 0 Å². The molecule has 1 aromatic rings. The van der Waals surface area contributed by atoms with Crippen LogP contribution in [-0.4, -0.2) is 18.7 Å². The largest absolute Gasteiger partial charge is 0.492 e. The molecule has 1 atom stereocenters. The maximum absolute atomic E-state index is 6.09. The Morgan fingerprint density at radius 1 is 1.39 bits per heavy atom. The highest BCUT2D eigenvalue weighted by molar-refractivity contribution is 9.10. The van der Waals surface area contributed by atoms with Gasteiger partial charge in [-0.05, 0) is 39.0 Å². The number of ether oxygens (including phenoxy) is 1. The lowest BCUT2D eigenvalue weighted by Gasteiger charge is -2.23. The van der Waals surface area contributed by atoms with E-state index in [2.05, 4.69) is 48.9 Å². The lowest BCUT2D eigenvalue weighted by Crippen LogP contribution is -2.39. The van der Waals surface area contributed by atoms with E-state index >= 15 is 0 Å². The molecule has 0 heterocycles. The Bertz CT molecular complexity index is 390. The number of rotatable bonds is 5. The highest BCUT2D eigenvalue weighted by Crippen LogP contribution is 2.27. The van der Waals surface area contributed by atoms with Gasteiger partial charge in [0.05, 0.1) is 11.6 Å². The molecule has 0 fully saturated rings. The highest BCUT2D eigenvalue weighted by Gasteiger charge is 2.12. The van der Waals surface area contributed by atoms with Gasteiger partial charge in [-0.15, -0.1) is 0 Å². The molecule has 102 valence electrons. The lowest BCUT2D eigenvalue weighted by atomic mass is 10.1. The predicted molar refractivity (Wildman–Crippen MR) is 81.6 cm³/mol. The van der Waals surface area contributed by atoms with E-state index in [4.69, 9.17) is 16.3 Å². The molecule has 0 saturated carbocycles. The van der Waals surface area contributed by atoms with Gasteiger partial charge in [-0.3, -0.25) is 0 Å². The summed E-state index contributed by atoms with van der Waals surface area (Å²) in [6, 6.07) is 5.66. The second kappa shape index (κ2) is 6.78. The highest BCUT2D eigenvalue weighted by atomic mass is 79.9. The molecule has 2 nitrogen and oxygen atoms in total. The van der Waals surface area contributed by atoms with Crippen LogP contribution in [0.1, 0.15) is 27.7 Å². The van der Waals surface area contributed by atoms with Gasteiger partial charge in [0, 0.05) is 22.5 Å². The summed E-state index contributed by atoms with van der Waals surface area (Å²) in [5.41, 5.74) is 0.142. The molecular weight excluding hydrogens is 314 g/mol. The third-order valence-electron chi connectivity index (χ3n) is 2.40. The third kappa shape index (κ3) is 6.07. The quantitative estimate of drug-likeness (QED) is 0.855. The third-order valence-corrected chi connectivity index (χ3v) is 3.19. The van der Waals surface area contributed by atoms with Crippen LogP contribution in [0.4, 0.5) is 0 Å². The molecule has 0 radical (unpaired) electrons. The zero-order chi connectivity index (χ0) is 13.8. The van der Waals surface area contributed by atoms with Gasteiger partial charge >= 0.3 is 0 Å². The lowest BCUT2D eigenvalue weighted by molar-refractivity contribution is 0.244. The standard InChI is InChI=1S/C14H21BrClNO/c1-10(8-17-14(2,3)4)9-18-13-6-5-11(15)7-12(13)16/h5-7,10,17H,8-9H2,1-4H3. The van der Waals surface area contributed by atoms with Crippen LogP contribution >= 0.6 is 27.5 Å². The van der Waals surface area contributed by atoms with Crippen LogP contribution in [-0.2, 0) is 0 Å². The second-order valence-electron chi connectivity index (χ2n) is 5.62. The molecule has 0 spiro atoms. The van der Waals surface area contributed by atoms with Crippen molar-refractivity contribution in [2.75, 3.05) is 13.2 Å². The number of hydrogen-bond donors (Lipinski definition) is 1. The van der Waals surface area contributed by atoms with E-state index < -0.39 is 0 Å². The molecule has 0 bridgehead atoms. The van der Waals surface area contributed by atoms with Gasteiger partial charge in [0.15, 0.2) is 0 Å². The molecule has 0 amide bonds. The van der Waals surface area contributed by atoms with Gasteiger partial charge in [0.2, 0.25) is 0 Å². The number of halogens is 2. The monoisotopic (exact) mass is 333 g/mol. The summed E-state index contributed by atoms with van der Waals surface area (Å²) in [4.78, 5) is 0. The number of benzene rings is 1. The average Bonchev–Trinajstić information content (AvgIpc) is 2.24. The van der Waals surface area contributed by atoms with Crippen molar-refractivity contribution in [3.8, 4) is 5.75 Å². The number of hydrogen-bond acceptors (Lipinski definition) is 2. The maximum Gasteiger partial charge on any atom is 0.137 e. The summed E-state index contributed by atoms with van der Waals surface area (Å²) >= 11 is 9.47. The summed E-state index contributed by atoms with van der Waals surface area (Å²) in [5.74, 6) is 1.17. The molecule has 0 aliphatic heterocycles. The van der Waals surface area contributed by atoms with Crippen molar-refractivity contribution < 1.29 is 4.74 Å². The fraction of sp³-hybridized carbons (Fsp3) is 0.571. The van der Waals surface area contributed by atoms with Crippen molar-refractivity contribution in [1.29, 1.82) is 0 Å². The molecule has 1 N–H and O–H groups in total. The minimum absolute atomic E-state index is 0.142. The van der Waals surface area contributed by atoms with Crippen LogP contribution in [0.25, 0.3) is 0 Å². The van der Waals surface area contributed by atoms with E-state index in [0.29, 0.717) is 17.5 Å². The van der Waals surface area contributed by atoms with Crippen molar-refractivity contribution in [2.45, 2.75) is 33.2 Å². The van der Waals surface area contributed by atoms with Crippen molar-refractivity contribution in [2.24, 2.45) is 5.92 Å². The summed E-state index contributed by atoms with van der Waals surface area (Å²) in [5, 5.41) is 4.10. The van der Waals surface area contributed by atoms with Gasteiger partial charge in [0.1, 0.15) is 5.75 Å². The van der Waals surface area contributed by atoms with Crippen molar-refractivity contribution >= 4 is 27.5 Å². The fourth-order valence-corrected chi connectivity index (χ4v) is 2.09. The molecular formula is C14H21BrClNO. The zero-order valence-corrected chi connectivity index (χ0v) is 13.7. The van der Waals surface area contributed by atoms with Gasteiger partial charge in [0.25, 0.3) is 0 Å². The summed E-state index contributed by atoms with van der Waals surface area (Å²) < 4.78 is 6.69. The Balaban J connectivity index is 2.40. The van der Waals surface area contributed by atoms with Gasteiger partial charge in [-0.25, -0.2) is 0 Å². The van der Waals surface area contributed by atoms with Crippen molar-refractivity contribution in [1.82, 2.24) is 5.32 Å². The number of nitrogens with one attached hydrogen (secondary N) is 1. The Kier molecular flexibility index (Phi) is 5.96. The molecule has 0 aliphatic rings.